The monoisotopic (exact) mass is 320 g/mol. The van der Waals surface area contributed by atoms with E-state index >= 15 is 0 Å². The number of rotatable bonds is 4. The smallest absolute Gasteiger partial charge is 0.135 e. The average molecular weight is 321 g/mol. The van der Waals surface area contributed by atoms with Gasteiger partial charge in [0, 0.05) is 22.3 Å². The van der Waals surface area contributed by atoms with E-state index in [4.69, 9.17) is 0 Å². The second-order valence-corrected chi connectivity index (χ2v) is 5.59. The van der Waals surface area contributed by atoms with Crippen LogP contribution in [0.15, 0.2) is 35.1 Å². The van der Waals surface area contributed by atoms with E-state index in [1.165, 1.54) is 0 Å². The second-order valence-electron chi connectivity index (χ2n) is 4.67. The van der Waals surface area contributed by atoms with Gasteiger partial charge in [-0.1, -0.05) is 15.9 Å². The second kappa shape index (κ2) is 6.02. The van der Waals surface area contributed by atoms with Crippen molar-refractivity contribution in [1.82, 2.24) is 9.97 Å². The van der Waals surface area contributed by atoms with Crippen LogP contribution >= 0.6 is 15.9 Å². The van der Waals surface area contributed by atoms with Crippen molar-refractivity contribution in [2.24, 2.45) is 0 Å². The highest BCUT2D eigenvalue weighted by atomic mass is 79.9. The molecule has 0 bridgehead atoms. The summed E-state index contributed by atoms with van der Waals surface area (Å²) in [6.45, 7) is 6.21. The van der Waals surface area contributed by atoms with Crippen LogP contribution < -0.4 is 10.6 Å². The van der Waals surface area contributed by atoms with Crippen LogP contribution in [0.25, 0.3) is 0 Å². The van der Waals surface area contributed by atoms with Crippen LogP contribution in [0.3, 0.4) is 0 Å². The van der Waals surface area contributed by atoms with Gasteiger partial charge in [0.2, 0.25) is 0 Å². The van der Waals surface area contributed by atoms with E-state index in [1.54, 1.807) is 6.33 Å². The molecule has 100 valence electrons. The number of hydrogen-bond donors (Lipinski definition) is 2. The number of anilines is 3. The number of benzene rings is 1. The first-order valence-electron chi connectivity index (χ1n) is 6.16. The molecule has 4 nitrogen and oxygen atoms in total. The van der Waals surface area contributed by atoms with Crippen molar-refractivity contribution in [2.45, 2.75) is 26.8 Å². The molecule has 2 aromatic rings. The van der Waals surface area contributed by atoms with Gasteiger partial charge in [-0.25, -0.2) is 9.97 Å². The number of aromatic nitrogens is 2. The maximum Gasteiger partial charge on any atom is 0.135 e. The van der Waals surface area contributed by atoms with Gasteiger partial charge >= 0.3 is 0 Å². The van der Waals surface area contributed by atoms with Crippen molar-refractivity contribution < 1.29 is 0 Å². The quantitative estimate of drug-likeness (QED) is 0.890. The minimum Gasteiger partial charge on any atom is -0.368 e. The zero-order valence-corrected chi connectivity index (χ0v) is 12.8. The number of halogens is 1. The Balaban J connectivity index is 2.18. The van der Waals surface area contributed by atoms with Crippen molar-refractivity contribution in [3.8, 4) is 0 Å². The van der Waals surface area contributed by atoms with E-state index in [0.717, 1.165) is 27.4 Å². The molecular formula is C14H17BrN4. The van der Waals surface area contributed by atoms with Crippen molar-refractivity contribution in [1.29, 1.82) is 0 Å². The molecule has 0 aliphatic carbocycles. The van der Waals surface area contributed by atoms with Crippen molar-refractivity contribution in [3.05, 3.63) is 40.6 Å². The van der Waals surface area contributed by atoms with Crippen LogP contribution in [0, 0.1) is 6.92 Å². The Morgan fingerprint density at radius 1 is 1.11 bits per heavy atom. The number of aryl methyl sites for hydroxylation is 1. The van der Waals surface area contributed by atoms with Gasteiger partial charge in [0.1, 0.15) is 18.0 Å². The summed E-state index contributed by atoms with van der Waals surface area (Å²) in [6.07, 6.45) is 1.56. The van der Waals surface area contributed by atoms with Gasteiger partial charge < -0.3 is 10.6 Å². The standard InChI is InChI=1S/C14H17BrN4/c1-9(2)18-13-7-14(17-8-16-13)19-12-5-4-11(15)6-10(12)3/h4-9H,1-3H3,(H2,16,17,18,19). The molecule has 0 atom stereocenters. The fourth-order valence-corrected chi connectivity index (χ4v) is 2.18. The van der Waals surface area contributed by atoms with Crippen molar-refractivity contribution in [3.63, 3.8) is 0 Å². The van der Waals surface area contributed by atoms with Gasteiger partial charge in [-0.05, 0) is 44.5 Å². The van der Waals surface area contributed by atoms with Gasteiger partial charge in [-0.2, -0.15) is 0 Å². The SMILES string of the molecule is Cc1cc(Br)ccc1Nc1cc(NC(C)C)ncn1. The van der Waals surface area contributed by atoms with Gasteiger partial charge in [-0.3, -0.25) is 0 Å². The molecule has 5 heteroatoms. The van der Waals surface area contributed by atoms with Gasteiger partial charge in [-0.15, -0.1) is 0 Å². The third-order valence-electron chi connectivity index (χ3n) is 2.55. The van der Waals surface area contributed by atoms with E-state index in [0.29, 0.717) is 6.04 Å². The Morgan fingerprint density at radius 3 is 2.53 bits per heavy atom. The molecule has 0 fully saturated rings. The molecule has 2 rings (SSSR count). The number of nitrogens with zero attached hydrogens (tertiary/aromatic N) is 2. The highest BCUT2D eigenvalue weighted by molar-refractivity contribution is 9.10. The molecule has 1 heterocycles. The molecule has 2 N–H and O–H groups in total. The first kappa shape index (κ1) is 13.8. The van der Waals surface area contributed by atoms with Gasteiger partial charge in [0.15, 0.2) is 0 Å². The Labute approximate surface area is 121 Å². The first-order chi connectivity index (χ1) is 9.04. The Hall–Kier alpha value is -1.62. The molecule has 0 radical (unpaired) electrons. The summed E-state index contributed by atoms with van der Waals surface area (Å²) in [5.74, 6) is 1.60. The molecule has 0 saturated carbocycles. The molecule has 19 heavy (non-hydrogen) atoms. The summed E-state index contributed by atoms with van der Waals surface area (Å²) in [6, 6.07) is 8.34. The van der Waals surface area contributed by atoms with Gasteiger partial charge in [0.05, 0.1) is 0 Å². The van der Waals surface area contributed by atoms with Crippen LogP contribution in [0.2, 0.25) is 0 Å². The van der Waals surface area contributed by atoms with Crippen LogP contribution in [0.5, 0.6) is 0 Å². The Kier molecular flexibility index (Phi) is 4.37. The Morgan fingerprint density at radius 2 is 1.84 bits per heavy atom. The first-order valence-corrected chi connectivity index (χ1v) is 6.95. The Bertz CT molecular complexity index is 569. The van der Waals surface area contributed by atoms with Crippen molar-refractivity contribution in [2.75, 3.05) is 10.6 Å². The van der Waals surface area contributed by atoms with E-state index in [2.05, 4.69) is 63.4 Å². The van der Waals surface area contributed by atoms with Crippen LogP contribution in [-0.2, 0) is 0 Å². The normalized spacial score (nSPS) is 10.6. The lowest BCUT2D eigenvalue weighted by Crippen LogP contribution is -2.11. The zero-order valence-electron chi connectivity index (χ0n) is 11.2. The topological polar surface area (TPSA) is 49.8 Å². The molecule has 0 spiro atoms. The lowest BCUT2D eigenvalue weighted by Gasteiger charge is -2.12. The lowest BCUT2D eigenvalue weighted by molar-refractivity contribution is 0.886. The largest absolute Gasteiger partial charge is 0.368 e. The third kappa shape index (κ3) is 3.92. The minimum absolute atomic E-state index is 0.345. The third-order valence-corrected chi connectivity index (χ3v) is 3.05. The number of nitrogens with one attached hydrogen (secondary N) is 2. The molecule has 1 aromatic carbocycles. The lowest BCUT2D eigenvalue weighted by atomic mass is 10.2. The summed E-state index contributed by atoms with van der Waals surface area (Å²) in [4.78, 5) is 8.42. The molecule has 0 amide bonds. The van der Waals surface area contributed by atoms with Crippen molar-refractivity contribution >= 4 is 33.3 Å². The van der Waals surface area contributed by atoms with Crippen LogP contribution in [0.1, 0.15) is 19.4 Å². The fraction of sp³-hybridized carbons (Fsp3) is 0.286. The minimum atomic E-state index is 0.345. The van der Waals surface area contributed by atoms with Crippen LogP contribution in [0.4, 0.5) is 17.3 Å². The highest BCUT2D eigenvalue weighted by Gasteiger charge is 2.03. The maximum atomic E-state index is 4.23. The number of hydrogen-bond acceptors (Lipinski definition) is 4. The molecule has 0 aliphatic heterocycles. The van der Waals surface area contributed by atoms with E-state index < -0.39 is 0 Å². The molecule has 0 saturated heterocycles. The molecule has 0 aliphatic rings. The summed E-state index contributed by atoms with van der Waals surface area (Å²) in [5.41, 5.74) is 2.20. The summed E-state index contributed by atoms with van der Waals surface area (Å²) in [7, 11) is 0. The fourth-order valence-electron chi connectivity index (χ4n) is 1.71. The highest BCUT2D eigenvalue weighted by Crippen LogP contribution is 2.23. The molecule has 0 unspecified atom stereocenters. The average Bonchev–Trinajstić information content (AvgIpc) is 2.32. The summed E-state index contributed by atoms with van der Waals surface area (Å²) in [5, 5.41) is 6.56. The predicted octanol–water partition coefficient (Wildman–Crippen LogP) is 4.11. The summed E-state index contributed by atoms with van der Waals surface area (Å²) < 4.78 is 1.07. The predicted molar refractivity (Wildman–Crippen MR) is 83.0 cm³/mol. The van der Waals surface area contributed by atoms with E-state index in [1.807, 2.05) is 18.2 Å². The zero-order chi connectivity index (χ0) is 13.8. The van der Waals surface area contributed by atoms with E-state index in [9.17, 15) is 0 Å². The van der Waals surface area contributed by atoms with Crippen LogP contribution in [-0.4, -0.2) is 16.0 Å². The maximum absolute atomic E-state index is 4.23. The molecule has 1 aromatic heterocycles. The van der Waals surface area contributed by atoms with Gasteiger partial charge in [0.25, 0.3) is 0 Å². The van der Waals surface area contributed by atoms with E-state index in [-0.39, 0.29) is 0 Å². The molecular weight excluding hydrogens is 304 g/mol. The summed E-state index contributed by atoms with van der Waals surface area (Å²) >= 11 is 3.46.